The van der Waals surface area contributed by atoms with E-state index in [0.29, 0.717) is 5.75 Å². The second-order valence-corrected chi connectivity index (χ2v) is 4.35. The monoisotopic (exact) mass is 293 g/mol. The fraction of sp³-hybridized carbons (Fsp3) is 0.154. The van der Waals surface area contributed by atoms with Crippen LogP contribution >= 0.6 is 11.6 Å². The zero-order valence-electron chi connectivity index (χ0n) is 10.7. The van der Waals surface area contributed by atoms with E-state index >= 15 is 0 Å². The Balaban J connectivity index is 2.08. The number of hydrogen-bond donors (Lipinski definition) is 1. The molecule has 1 aromatic heterocycles. The Morgan fingerprint density at radius 1 is 1.40 bits per heavy atom. The molecule has 0 fully saturated rings. The topological polar surface area (TPSA) is 77.3 Å². The van der Waals surface area contributed by atoms with Gasteiger partial charge in [0.15, 0.2) is 0 Å². The van der Waals surface area contributed by atoms with Gasteiger partial charge in [-0.25, -0.2) is 0 Å². The second kappa shape index (κ2) is 6.21. The van der Waals surface area contributed by atoms with E-state index in [4.69, 9.17) is 16.3 Å². The lowest BCUT2D eigenvalue weighted by Crippen LogP contribution is -2.00. The van der Waals surface area contributed by atoms with Crippen LogP contribution < -0.4 is 10.1 Å². The predicted molar refractivity (Wildman–Crippen MR) is 76.2 cm³/mol. The van der Waals surface area contributed by atoms with Crippen molar-refractivity contribution in [2.24, 2.45) is 0 Å². The summed E-state index contributed by atoms with van der Waals surface area (Å²) in [5, 5.41) is 13.8. The number of anilines is 1. The van der Waals surface area contributed by atoms with E-state index in [1.165, 1.54) is 18.2 Å². The molecule has 104 valence electrons. The minimum atomic E-state index is -0.506. The van der Waals surface area contributed by atoms with Crippen molar-refractivity contribution in [3.63, 3.8) is 0 Å². The number of hydrogen-bond acceptors (Lipinski definition) is 5. The number of non-ortho nitro benzene ring substituents is 1. The number of benzene rings is 1. The SMILES string of the molecule is CNc1ccnc(COc2ccc([N+](=O)[O-])cc2Cl)c1. The smallest absolute Gasteiger partial charge is 0.271 e. The van der Waals surface area contributed by atoms with E-state index in [1.807, 2.05) is 19.2 Å². The molecular formula is C13H12ClN3O3. The van der Waals surface area contributed by atoms with Crippen molar-refractivity contribution in [2.45, 2.75) is 6.61 Å². The van der Waals surface area contributed by atoms with Crippen LogP contribution in [0, 0.1) is 10.1 Å². The molecular weight excluding hydrogens is 282 g/mol. The predicted octanol–water partition coefficient (Wildman–Crippen LogP) is 3.26. The quantitative estimate of drug-likeness (QED) is 0.676. The maximum atomic E-state index is 10.6. The van der Waals surface area contributed by atoms with Gasteiger partial charge in [-0.3, -0.25) is 15.1 Å². The highest BCUT2D eigenvalue weighted by Gasteiger charge is 2.10. The van der Waals surface area contributed by atoms with Gasteiger partial charge in [0.05, 0.1) is 15.6 Å². The Kier molecular flexibility index (Phi) is 4.37. The standard InChI is InChI=1S/C13H12ClN3O3/c1-15-9-4-5-16-10(6-9)8-20-13-3-2-11(17(18)19)7-12(13)14/h2-7H,8H2,1H3,(H,15,16). The summed E-state index contributed by atoms with van der Waals surface area (Å²) in [4.78, 5) is 14.3. The summed E-state index contributed by atoms with van der Waals surface area (Å²) in [5.41, 5.74) is 1.58. The molecule has 0 radical (unpaired) electrons. The zero-order valence-corrected chi connectivity index (χ0v) is 11.4. The van der Waals surface area contributed by atoms with Crippen molar-refractivity contribution >= 4 is 23.0 Å². The van der Waals surface area contributed by atoms with Gasteiger partial charge in [-0.15, -0.1) is 0 Å². The lowest BCUT2D eigenvalue weighted by molar-refractivity contribution is -0.384. The number of halogens is 1. The molecule has 0 unspecified atom stereocenters. The highest BCUT2D eigenvalue weighted by molar-refractivity contribution is 6.32. The van der Waals surface area contributed by atoms with Gasteiger partial charge in [0, 0.05) is 31.1 Å². The third-order valence-corrected chi connectivity index (χ3v) is 2.90. The molecule has 1 aromatic carbocycles. The van der Waals surface area contributed by atoms with Crippen molar-refractivity contribution in [1.29, 1.82) is 0 Å². The van der Waals surface area contributed by atoms with E-state index in [2.05, 4.69) is 10.3 Å². The van der Waals surface area contributed by atoms with Crippen LogP contribution in [0.2, 0.25) is 5.02 Å². The molecule has 2 rings (SSSR count). The average Bonchev–Trinajstić information content (AvgIpc) is 2.46. The first kappa shape index (κ1) is 14.1. The first-order valence-corrected chi connectivity index (χ1v) is 6.17. The number of rotatable bonds is 5. The van der Waals surface area contributed by atoms with Crippen LogP contribution in [0.15, 0.2) is 36.5 Å². The van der Waals surface area contributed by atoms with Gasteiger partial charge in [-0.2, -0.15) is 0 Å². The second-order valence-electron chi connectivity index (χ2n) is 3.95. The lowest BCUT2D eigenvalue weighted by atomic mass is 10.3. The van der Waals surface area contributed by atoms with E-state index in [1.54, 1.807) is 6.20 Å². The van der Waals surface area contributed by atoms with Crippen LogP contribution in [0.1, 0.15) is 5.69 Å². The van der Waals surface area contributed by atoms with Crippen LogP contribution in [0.3, 0.4) is 0 Å². The van der Waals surface area contributed by atoms with E-state index in [0.717, 1.165) is 11.4 Å². The molecule has 1 N–H and O–H groups in total. The summed E-state index contributed by atoms with van der Waals surface area (Å²) in [6.45, 7) is 0.229. The molecule has 1 heterocycles. The lowest BCUT2D eigenvalue weighted by Gasteiger charge is -2.08. The molecule has 0 bridgehead atoms. The summed E-state index contributed by atoms with van der Waals surface area (Å²) >= 11 is 5.94. The van der Waals surface area contributed by atoms with Crippen LogP contribution in [-0.2, 0) is 6.61 Å². The number of nitrogens with zero attached hydrogens (tertiary/aromatic N) is 2. The van der Waals surface area contributed by atoms with Gasteiger partial charge in [0.1, 0.15) is 12.4 Å². The largest absolute Gasteiger partial charge is 0.486 e. The summed E-state index contributed by atoms with van der Waals surface area (Å²) in [7, 11) is 1.81. The molecule has 20 heavy (non-hydrogen) atoms. The Morgan fingerprint density at radius 2 is 2.20 bits per heavy atom. The van der Waals surface area contributed by atoms with Crippen molar-refractivity contribution in [3.8, 4) is 5.75 Å². The number of nitro benzene ring substituents is 1. The Morgan fingerprint density at radius 3 is 2.85 bits per heavy atom. The molecule has 0 aliphatic heterocycles. The minimum absolute atomic E-state index is 0.0716. The Bertz CT molecular complexity index is 634. The molecule has 6 nitrogen and oxygen atoms in total. The molecule has 2 aromatic rings. The van der Waals surface area contributed by atoms with Gasteiger partial charge in [0.2, 0.25) is 0 Å². The van der Waals surface area contributed by atoms with Crippen molar-refractivity contribution in [1.82, 2.24) is 4.98 Å². The van der Waals surface area contributed by atoms with Crippen LogP contribution in [0.4, 0.5) is 11.4 Å². The summed E-state index contributed by atoms with van der Waals surface area (Å²) in [6, 6.07) is 7.76. The van der Waals surface area contributed by atoms with Gasteiger partial charge in [-0.05, 0) is 18.2 Å². The summed E-state index contributed by atoms with van der Waals surface area (Å²) in [5.74, 6) is 0.383. The van der Waals surface area contributed by atoms with Crippen molar-refractivity contribution in [2.75, 3.05) is 12.4 Å². The zero-order chi connectivity index (χ0) is 14.5. The number of aromatic nitrogens is 1. The first-order chi connectivity index (χ1) is 9.60. The molecule has 0 aliphatic rings. The van der Waals surface area contributed by atoms with Crippen LogP contribution in [0.25, 0.3) is 0 Å². The third-order valence-electron chi connectivity index (χ3n) is 2.61. The minimum Gasteiger partial charge on any atom is -0.486 e. The highest BCUT2D eigenvalue weighted by atomic mass is 35.5. The fourth-order valence-corrected chi connectivity index (χ4v) is 1.81. The molecule has 0 amide bonds. The van der Waals surface area contributed by atoms with Crippen molar-refractivity contribution in [3.05, 3.63) is 57.4 Å². The number of nitrogens with one attached hydrogen (secondary N) is 1. The Labute approximate surface area is 120 Å². The fourth-order valence-electron chi connectivity index (χ4n) is 1.58. The first-order valence-electron chi connectivity index (χ1n) is 5.79. The normalized spacial score (nSPS) is 10.1. The van der Waals surface area contributed by atoms with Crippen molar-refractivity contribution < 1.29 is 9.66 Å². The van der Waals surface area contributed by atoms with Crippen LogP contribution in [0.5, 0.6) is 5.75 Å². The Hall–Kier alpha value is -2.34. The number of pyridine rings is 1. The van der Waals surface area contributed by atoms with Gasteiger partial charge >= 0.3 is 0 Å². The van der Waals surface area contributed by atoms with Gasteiger partial charge in [-0.1, -0.05) is 11.6 Å². The molecule has 7 heteroatoms. The molecule has 0 atom stereocenters. The summed E-state index contributed by atoms with van der Waals surface area (Å²) in [6.07, 6.45) is 1.67. The number of ether oxygens (including phenoxy) is 1. The van der Waals surface area contributed by atoms with E-state index < -0.39 is 4.92 Å². The molecule has 0 saturated carbocycles. The maximum Gasteiger partial charge on any atom is 0.271 e. The van der Waals surface area contributed by atoms with E-state index in [9.17, 15) is 10.1 Å². The highest BCUT2D eigenvalue weighted by Crippen LogP contribution is 2.29. The van der Waals surface area contributed by atoms with Crippen LogP contribution in [-0.4, -0.2) is 17.0 Å². The molecule has 0 aliphatic carbocycles. The van der Waals surface area contributed by atoms with Gasteiger partial charge in [0.25, 0.3) is 5.69 Å². The average molecular weight is 294 g/mol. The maximum absolute atomic E-state index is 10.6. The van der Waals surface area contributed by atoms with Gasteiger partial charge < -0.3 is 10.1 Å². The molecule has 0 saturated heterocycles. The van der Waals surface area contributed by atoms with E-state index in [-0.39, 0.29) is 17.3 Å². The third kappa shape index (κ3) is 3.36. The summed E-state index contributed by atoms with van der Waals surface area (Å²) < 4.78 is 5.51. The number of nitro groups is 1. The molecule has 0 spiro atoms.